The quantitative estimate of drug-likeness (QED) is 0.519. The summed E-state index contributed by atoms with van der Waals surface area (Å²) < 4.78 is 21.8. The van der Waals surface area contributed by atoms with Crippen LogP contribution in [-0.2, 0) is 28.5 Å². The number of hydrogen-bond donors (Lipinski definition) is 0. The van der Waals surface area contributed by atoms with E-state index >= 15 is 0 Å². The molecule has 0 amide bonds. The van der Waals surface area contributed by atoms with Crippen LogP contribution in [0.1, 0.15) is 53.4 Å². The van der Waals surface area contributed by atoms with Crippen LogP contribution in [0.5, 0.6) is 0 Å². The third kappa shape index (κ3) is 7.99. The van der Waals surface area contributed by atoms with Gasteiger partial charge in [0.05, 0.1) is 18.1 Å². The highest BCUT2D eigenvalue weighted by atomic mass is 35.5. The summed E-state index contributed by atoms with van der Waals surface area (Å²) in [6.07, 6.45) is 1.02. The van der Waals surface area contributed by atoms with Gasteiger partial charge in [-0.25, -0.2) is 0 Å². The highest BCUT2D eigenvalue weighted by Crippen LogP contribution is 2.25. The summed E-state index contributed by atoms with van der Waals surface area (Å²) in [7, 11) is 0. The molecule has 0 radical (unpaired) electrons. The van der Waals surface area contributed by atoms with Crippen LogP contribution in [0, 0.1) is 5.41 Å². The van der Waals surface area contributed by atoms with Crippen molar-refractivity contribution in [1.29, 1.82) is 0 Å². The number of halogens is 1. The minimum Gasteiger partial charge on any atom is -0.465 e. The molecular formula is C16H27ClO6. The van der Waals surface area contributed by atoms with E-state index in [-0.39, 0.29) is 18.7 Å². The molecule has 0 spiro atoms. The fourth-order valence-corrected chi connectivity index (χ4v) is 2.22. The average Bonchev–Trinajstić information content (AvgIpc) is 2.43. The Balaban J connectivity index is 2.47. The summed E-state index contributed by atoms with van der Waals surface area (Å²) in [5, 5.41) is 0. The van der Waals surface area contributed by atoms with Crippen LogP contribution in [0.2, 0.25) is 0 Å². The van der Waals surface area contributed by atoms with Gasteiger partial charge in [-0.15, -0.1) is 11.6 Å². The fourth-order valence-electron chi connectivity index (χ4n) is 2.07. The molecule has 6 nitrogen and oxygen atoms in total. The smallest absolute Gasteiger partial charge is 0.311 e. The van der Waals surface area contributed by atoms with Crippen molar-refractivity contribution in [3.8, 4) is 0 Å². The van der Waals surface area contributed by atoms with Crippen molar-refractivity contribution < 1.29 is 28.5 Å². The molecule has 0 unspecified atom stereocenters. The molecule has 1 aliphatic rings. The average molecular weight is 351 g/mol. The third-order valence-electron chi connectivity index (χ3n) is 3.26. The number of alkyl halides is 1. The number of carbonyl (C=O) groups is 2. The number of ether oxygens (including phenoxy) is 4. The van der Waals surface area contributed by atoms with Crippen molar-refractivity contribution >= 4 is 23.5 Å². The van der Waals surface area contributed by atoms with E-state index < -0.39 is 24.0 Å². The van der Waals surface area contributed by atoms with E-state index in [0.29, 0.717) is 25.1 Å². The van der Waals surface area contributed by atoms with Gasteiger partial charge in [-0.05, 0) is 33.6 Å². The largest absolute Gasteiger partial charge is 0.465 e. The predicted molar refractivity (Wildman–Crippen MR) is 84.9 cm³/mol. The van der Waals surface area contributed by atoms with Crippen molar-refractivity contribution in [3.63, 3.8) is 0 Å². The highest BCUT2D eigenvalue weighted by molar-refractivity contribution is 6.17. The van der Waals surface area contributed by atoms with Gasteiger partial charge in [0.15, 0.2) is 6.29 Å². The van der Waals surface area contributed by atoms with Crippen LogP contribution < -0.4 is 0 Å². The van der Waals surface area contributed by atoms with Gasteiger partial charge in [-0.1, -0.05) is 0 Å². The zero-order valence-corrected chi connectivity index (χ0v) is 15.1. The van der Waals surface area contributed by atoms with Gasteiger partial charge in [-0.3, -0.25) is 9.59 Å². The van der Waals surface area contributed by atoms with Crippen LogP contribution in [0.15, 0.2) is 0 Å². The molecule has 23 heavy (non-hydrogen) atoms. The molecule has 3 atom stereocenters. The number of esters is 2. The van der Waals surface area contributed by atoms with Gasteiger partial charge in [0, 0.05) is 25.6 Å². The van der Waals surface area contributed by atoms with Gasteiger partial charge in [0.2, 0.25) is 6.29 Å². The lowest BCUT2D eigenvalue weighted by Gasteiger charge is -2.35. The first kappa shape index (κ1) is 20.2. The summed E-state index contributed by atoms with van der Waals surface area (Å²) in [5.41, 5.74) is -0.528. The Morgan fingerprint density at radius 1 is 1.22 bits per heavy atom. The molecule has 1 fully saturated rings. The number of carbonyl (C=O) groups excluding carboxylic acids is 2. The normalized spacial score (nSPS) is 25.0. The lowest BCUT2D eigenvalue weighted by Crippen LogP contribution is -2.41. The second-order valence-corrected chi connectivity index (χ2v) is 6.98. The van der Waals surface area contributed by atoms with Crippen LogP contribution in [0.3, 0.4) is 0 Å². The first-order valence-corrected chi connectivity index (χ1v) is 8.47. The molecule has 1 aliphatic heterocycles. The molecule has 0 N–H and O–H groups in total. The van der Waals surface area contributed by atoms with E-state index in [9.17, 15) is 9.59 Å². The van der Waals surface area contributed by atoms with E-state index in [0.717, 1.165) is 6.42 Å². The maximum atomic E-state index is 11.8. The molecule has 1 saturated heterocycles. The molecule has 7 heteroatoms. The molecular weight excluding hydrogens is 324 g/mol. The van der Waals surface area contributed by atoms with Crippen molar-refractivity contribution in [2.75, 3.05) is 12.5 Å². The maximum absolute atomic E-state index is 11.8. The molecule has 0 bridgehead atoms. The Kier molecular flexibility index (Phi) is 8.29. The zero-order chi connectivity index (χ0) is 17.5. The van der Waals surface area contributed by atoms with Gasteiger partial charge in [-0.2, -0.15) is 0 Å². The third-order valence-corrected chi connectivity index (χ3v) is 3.53. The Morgan fingerprint density at radius 2 is 1.91 bits per heavy atom. The SMILES string of the molecule is CC(=O)O[C@@H]1C[C@H](CCOC(=O)C(C)(C)C)O[C@H](CCCCl)O1. The number of hydrogen-bond acceptors (Lipinski definition) is 6. The molecule has 0 aromatic rings. The summed E-state index contributed by atoms with van der Waals surface area (Å²) in [6.45, 7) is 7.01. The molecule has 0 aromatic heterocycles. The zero-order valence-electron chi connectivity index (χ0n) is 14.3. The predicted octanol–water partition coefficient (Wildman–Crippen LogP) is 3.01. The van der Waals surface area contributed by atoms with E-state index in [4.69, 9.17) is 30.5 Å². The van der Waals surface area contributed by atoms with Gasteiger partial charge >= 0.3 is 11.9 Å². The minimum atomic E-state index is -0.634. The van der Waals surface area contributed by atoms with Crippen molar-refractivity contribution in [3.05, 3.63) is 0 Å². The maximum Gasteiger partial charge on any atom is 0.311 e. The van der Waals surface area contributed by atoms with Gasteiger partial charge < -0.3 is 18.9 Å². The van der Waals surface area contributed by atoms with Crippen LogP contribution >= 0.6 is 11.6 Å². The van der Waals surface area contributed by atoms with E-state index in [1.165, 1.54) is 6.92 Å². The minimum absolute atomic E-state index is 0.193. The topological polar surface area (TPSA) is 71.1 Å². The Hall–Kier alpha value is -0.850. The Morgan fingerprint density at radius 3 is 2.48 bits per heavy atom. The summed E-state index contributed by atoms with van der Waals surface area (Å²) in [5.74, 6) is -0.138. The molecule has 0 saturated carbocycles. The van der Waals surface area contributed by atoms with E-state index in [1.807, 2.05) is 0 Å². The van der Waals surface area contributed by atoms with Crippen LogP contribution in [0.25, 0.3) is 0 Å². The van der Waals surface area contributed by atoms with Gasteiger partial charge in [0.1, 0.15) is 0 Å². The van der Waals surface area contributed by atoms with Crippen molar-refractivity contribution in [2.24, 2.45) is 5.41 Å². The second-order valence-electron chi connectivity index (χ2n) is 6.60. The van der Waals surface area contributed by atoms with E-state index in [1.54, 1.807) is 20.8 Å². The summed E-state index contributed by atoms with van der Waals surface area (Å²) in [4.78, 5) is 22.9. The summed E-state index contributed by atoms with van der Waals surface area (Å²) >= 11 is 5.69. The highest BCUT2D eigenvalue weighted by Gasteiger charge is 2.32. The standard InChI is InChI=1S/C16H27ClO6/c1-11(18)21-14-10-12(22-13(23-14)6-5-8-17)7-9-20-15(19)16(2,3)4/h12-14H,5-10H2,1-4H3/t12-,13-,14-/m0/s1. The summed E-state index contributed by atoms with van der Waals surface area (Å²) in [6, 6.07) is 0. The van der Waals surface area contributed by atoms with Gasteiger partial charge in [0.25, 0.3) is 0 Å². The second kappa shape index (κ2) is 9.45. The fraction of sp³-hybridized carbons (Fsp3) is 0.875. The molecule has 1 heterocycles. The van der Waals surface area contributed by atoms with Crippen LogP contribution in [0.4, 0.5) is 0 Å². The Bertz CT molecular complexity index is 393. The molecule has 1 rings (SSSR count). The van der Waals surface area contributed by atoms with Crippen molar-refractivity contribution in [2.45, 2.75) is 72.1 Å². The first-order valence-electron chi connectivity index (χ1n) is 7.93. The Labute approximate surface area is 142 Å². The van der Waals surface area contributed by atoms with E-state index in [2.05, 4.69) is 0 Å². The van der Waals surface area contributed by atoms with Crippen molar-refractivity contribution in [1.82, 2.24) is 0 Å². The molecule has 134 valence electrons. The molecule has 0 aromatic carbocycles. The lowest BCUT2D eigenvalue weighted by molar-refractivity contribution is -0.300. The first-order chi connectivity index (χ1) is 10.7. The van der Waals surface area contributed by atoms with Crippen LogP contribution in [-0.4, -0.2) is 43.1 Å². The molecule has 0 aliphatic carbocycles. The number of rotatable bonds is 7. The monoisotopic (exact) mass is 350 g/mol. The lowest BCUT2D eigenvalue weighted by atomic mass is 9.97.